The average molecular weight is 484 g/mol. The Morgan fingerprint density at radius 2 is 1.91 bits per heavy atom. The maximum absolute atomic E-state index is 12.7. The topological polar surface area (TPSA) is 78.5 Å². The van der Waals surface area contributed by atoms with Crippen LogP contribution in [-0.2, 0) is 23.1 Å². The molecule has 1 aromatic heterocycles. The van der Waals surface area contributed by atoms with E-state index in [0.29, 0.717) is 18.0 Å². The molecule has 1 unspecified atom stereocenters. The molecule has 0 bridgehead atoms. The standard InChI is InChI=1S/C25H29N3O3S2/c29-25(26-16-21-9-5-13-28(18-21)19-23-11-6-14-32-23)22-10-4-12-24(15-22)33(30,31)27-17-20-7-2-1-3-8-20/h1-4,6-8,10-12,14-15,21,27H,5,9,13,16-19H2,(H,26,29). The second-order valence-electron chi connectivity index (χ2n) is 8.37. The van der Waals surface area contributed by atoms with Gasteiger partial charge in [-0.1, -0.05) is 42.5 Å². The number of piperidine rings is 1. The SMILES string of the molecule is O=C(NCC1CCCN(Cc2cccs2)C1)c1cccc(S(=O)(=O)NCc2ccccc2)c1. The number of rotatable bonds is 9. The van der Waals surface area contributed by atoms with E-state index in [1.54, 1.807) is 23.5 Å². The number of carbonyl (C=O) groups excluding carboxylic acids is 1. The van der Waals surface area contributed by atoms with Crippen molar-refractivity contribution in [2.45, 2.75) is 30.8 Å². The Morgan fingerprint density at radius 1 is 1.06 bits per heavy atom. The number of thiophene rings is 1. The Labute approximate surface area is 199 Å². The van der Waals surface area contributed by atoms with Crippen LogP contribution in [0.15, 0.2) is 77.0 Å². The van der Waals surface area contributed by atoms with Crippen LogP contribution < -0.4 is 10.0 Å². The number of nitrogens with one attached hydrogen (secondary N) is 2. The van der Waals surface area contributed by atoms with Crippen molar-refractivity contribution in [3.63, 3.8) is 0 Å². The first-order valence-electron chi connectivity index (χ1n) is 11.2. The predicted octanol–water partition coefficient (Wildman–Crippen LogP) is 3.87. The summed E-state index contributed by atoms with van der Waals surface area (Å²) in [4.78, 5) is 16.6. The summed E-state index contributed by atoms with van der Waals surface area (Å²) >= 11 is 1.77. The van der Waals surface area contributed by atoms with Crippen LogP contribution in [0.5, 0.6) is 0 Å². The summed E-state index contributed by atoms with van der Waals surface area (Å²) in [5.41, 5.74) is 1.22. The predicted molar refractivity (Wildman–Crippen MR) is 132 cm³/mol. The molecule has 2 aromatic carbocycles. The van der Waals surface area contributed by atoms with Crippen LogP contribution in [0.1, 0.15) is 33.6 Å². The van der Waals surface area contributed by atoms with Gasteiger partial charge < -0.3 is 5.32 Å². The lowest BCUT2D eigenvalue weighted by Crippen LogP contribution is -2.40. The van der Waals surface area contributed by atoms with Crippen LogP contribution in [0.3, 0.4) is 0 Å². The highest BCUT2D eigenvalue weighted by Crippen LogP contribution is 2.20. The van der Waals surface area contributed by atoms with Crippen LogP contribution >= 0.6 is 11.3 Å². The molecule has 1 amide bonds. The van der Waals surface area contributed by atoms with Gasteiger partial charge in [-0.05, 0) is 60.5 Å². The number of carbonyl (C=O) groups is 1. The molecule has 8 heteroatoms. The molecule has 6 nitrogen and oxygen atoms in total. The summed E-state index contributed by atoms with van der Waals surface area (Å²) < 4.78 is 28.0. The van der Waals surface area contributed by atoms with Gasteiger partial charge >= 0.3 is 0 Å². The number of hydrogen-bond acceptors (Lipinski definition) is 5. The van der Waals surface area contributed by atoms with Crippen molar-refractivity contribution in [1.29, 1.82) is 0 Å². The van der Waals surface area contributed by atoms with E-state index < -0.39 is 10.0 Å². The van der Waals surface area contributed by atoms with Gasteiger partial charge in [0, 0.05) is 36.6 Å². The fourth-order valence-corrected chi connectivity index (χ4v) is 5.89. The van der Waals surface area contributed by atoms with Gasteiger partial charge in [-0.2, -0.15) is 0 Å². The molecule has 3 aromatic rings. The van der Waals surface area contributed by atoms with Gasteiger partial charge in [0.1, 0.15) is 0 Å². The fraction of sp³-hybridized carbons (Fsp3) is 0.320. The van der Waals surface area contributed by atoms with Crippen molar-refractivity contribution in [3.05, 3.63) is 88.1 Å². The van der Waals surface area contributed by atoms with E-state index in [-0.39, 0.29) is 17.3 Å². The molecule has 174 valence electrons. The van der Waals surface area contributed by atoms with Crippen molar-refractivity contribution in [1.82, 2.24) is 14.9 Å². The zero-order valence-corrected chi connectivity index (χ0v) is 20.1. The summed E-state index contributed by atoms with van der Waals surface area (Å²) in [7, 11) is -3.72. The Bertz CT molecular complexity index is 1150. The monoisotopic (exact) mass is 483 g/mol. The van der Waals surface area contributed by atoms with Crippen molar-refractivity contribution >= 4 is 27.3 Å². The quantitative estimate of drug-likeness (QED) is 0.484. The maximum atomic E-state index is 12.7. The van der Waals surface area contributed by atoms with Crippen LogP contribution in [-0.4, -0.2) is 38.9 Å². The molecule has 0 saturated carbocycles. The van der Waals surface area contributed by atoms with E-state index in [0.717, 1.165) is 38.0 Å². The van der Waals surface area contributed by atoms with Crippen LogP contribution in [0.2, 0.25) is 0 Å². The lowest BCUT2D eigenvalue weighted by atomic mass is 9.98. The molecule has 1 atom stereocenters. The maximum Gasteiger partial charge on any atom is 0.251 e. The molecule has 0 spiro atoms. The molecular weight excluding hydrogens is 454 g/mol. The molecular formula is C25H29N3O3S2. The molecule has 0 radical (unpaired) electrons. The molecule has 1 aliphatic heterocycles. The van der Waals surface area contributed by atoms with Gasteiger partial charge in [0.15, 0.2) is 0 Å². The van der Waals surface area contributed by atoms with E-state index >= 15 is 0 Å². The minimum atomic E-state index is -3.72. The number of nitrogens with zero attached hydrogens (tertiary/aromatic N) is 1. The number of amides is 1. The third kappa shape index (κ3) is 6.74. The Balaban J connectivity index is 1.31. The zero-order chi connectivity index (χ0) is 23.1. The molecule has 1 aliphatic rings. The molecule has 2 heterocycles. The number of sulfonamides is 1. The summed E-state index contributed by atoms with van der Waals surface area (Å²) in [6, 6.07) is 19.8. The minimum Gasteiger partial charge on any atom is -0.352 e. The number of likely N-dealkylation sites (tertiary alicyclic amines) is 1. The molecule has 2 N–H and O–H groups in total. The highest BCUT2D eigenvalue weighted by molar-refractivity contribution is 7.89. The second kappa shape index (κ2) is 11.1. The summed E-state index contributed by atoms with van der Waals surface area (Å²) in [6.45, 7) is 3.78. The van der Waals surface area contributed by atoms with Gasteiger partial charge in [0.2, 0.25) is 10.0 Å². The highest BCUT2D eigenvalue weighted by Gasteiger charge is 2.21. The third-order valence-corrected chi connectivity index (χ3v) is 8.09. The molecule has 4 rings (SSSR count). The van der Waals surface area contributed by atoms with Crippen molar-refractivity contribution in [2.75, 3.05) is 19.6 Å². The van der Waals surface area contributed by atoms with E-state index in [2.05, 4.69) is 32.5 Å². The van der Waals surface area contributed by atoms with Crippen LogP contribution in [0.4, 0.5) is 0 Å². The lowest BCUT2D eigenvalue weighted by Gasteiger charge is -2.32. The number of hydrogen-bond donors (Lipinski definition) is 2. The average Bonchev–Trinajstić information content (AvgIpc) is 3.35. The smallest absolute Gasteiger partial charge is 0.251 e. The van der Waals surface area contributed by atoms with Crippen LogP contribution in [0, 0.1) is 5.92 Å². The first-order chi connectivity index (χ1) is 16.0. The fourth-order valence-electron chi connectivity index (χ4n) is 4.09. The van der Waals surface area contributed by atoms with E-state index in [1.165, 1.54) is 17.0 Å². The Kier molecular flexibility index (Phi) is 7.93. The van der Waals surface area contributed by atoms with Gasteiger partial charge in [-0.15, -0.1) is 11.3 Å². The van der Waals surface area contributed by atoms with Crippen molar-refractivity contribution in [3.8, 4) is 0 Å². The zero-order valence-electron chi connectivity index (χ0n) is 18.4. The van der Waals surface area contributed by atoms with Gasteiger partial charge in [-0.3, -0.25) is 9.69 Å². The van der Waals surface area contributed by atoms with E-state index in [9.17, 15) is 13.2 Å². The van der Waals surface area contributed by atoms with Crippen molar-refractivity contribution < 1.29 is 13.2 Å². The Hall–Kier alpha value is -2.52. The largest absolute Gasteiger partial charge is 0.352 e. The third-order valence-electron chi connectivity index (χ3n) is 5.83. The summed E-state index contributed by atoms with van der Waals surface area (Å²) in [6.07, 6.45) is 2.20. The summed E-state index contributed by atoms with van der Waals surface area (Å²) in [5.74, 6) is 0.146. The summed E-state index contributed by atoms with van der Waals surface area (Å²) in [5, 5.41) is 5.11. The normalized spacial score (nSPS) is 17.0. The first kappa shape index (κ1) is 23.6. The molecule has 0 aliphatic carbocycles. The Morgan fingerprint density at radius 3 is 2.70 bits per heavy atom. The number of benzene rings is 2. The molecule has 33 heavy (non-hydrogen) atoms. The molecule has 1 fully saturated rings. The molecule has 1 saturated heterocycles. The first-order valence-corrected chi connectivity index (χ1v) is 13.5. The van der Waals surface area contributed by atoms with Crippen molar-refractivity contribution in [2.24, 2.45) is 5.92 Å². The van der Waals surface area contributed by atoms with E-state index in [4.69, 9.17) is 0 Å². The van der Waals surface area contributed by atoms with Crippen LogP contribution in [0.25, 0.3) is 0 Å². The van der Waals surface area contributed by atoms with Gasteiger partial charge in [-0.25, -0.2) is 13.1 Å². The second-order valence-corrected chi connectivity index (χ2v) is 11.2. The minimum absolute atomic E-state index is 0.0888. The highest BCUT2D eigenvalue weighted by atomic mass is 32.2. The van der Waals surface area contributed by atoms with E-state index in [1.807, 2.05) is 30.3 Å². The lowest BCUT2D eigenvalue weighted by molar-refractivity contribution is 0.0930. The van der Waals surface area contributed by atoms with Gasteiger partial charge in [0.05, 0.1) is 4.90 Å². The van der Waals surface area contributed by atoms with Gasteiger partial charge in [0.25, 0.3) is 5.91 Å².